The lowest BCUT2D eigenvalue weighted by Crippen LogP contribution is -2.41. The van der Waals surface area contributed by atoms with Crippen LogP contribution in [-0.4, -0.2) is 24.4 Å². The molecule has 18 heavy (non-hydrogen) atoms. The summed E-state index contributed by atoms with van der Waals surface area (Å²) >= 11 is 0. The first-order valence-corrected chi connectivity index (χ1v) is 6.69. The molecule has 0 bridgehead atoms. The van der Waals surface area contributed by atoms with Crippen LogP contribution < -0.4 is 10.6 Å². The van der Waals surface area contributed by atoms with Crippen molar-refractivity contribution >= 4 is 11.8 Å². The van der Waals surface area contributed by atoms with Gasteiger partial charge in [0.15, 0.2) is 0 Å². The van der Waals surface area contributed by atoms with Crippen LogP contribution in [0.3, 0.4) is 0 Å². The number of urea groups is 1. The fourth-order valence-electron chi connectivity index (χ4n) is 1.37. The third kappa shape index (κ3) is 8.09. The third-order valence-corrected chi connectivity index (χ3v) is 2.68. The lowest BCUT2D eigenvalue weighted by atomic mass is 9.87. The number of rotatable bonds is 7. The predicted molar refractivity (Wildman–Crippen MR) is 74.6 cm³/mol. The number of amides is 2. The highest BCUT2D eigenvalue weighted by Crippen LogP contribution is 2.18. The van der Waals surface area contributed by atoms with E-state index in [4.69, 9.17) is 1.37 Å². The van der Waals surface area contributed by atoms with E-state index in [0.717, 1.165) is 6.42 Å². The highest BCUT2D eigenvalue weighted by Gasteiger charge is 2.21. The van der Waals surface area contributed by atoms with Crippen LogP contribution >= 0.6 is 0 Å². The summed E-state index contributed by atoms with van der Waals surface area (Å²) in [6.45, 7) is 8.98. The molecular formula is C14H28N2O2. The molecule has 0 aromatic rings. The second kappa shape index (κ2) is 8.11. The maximum atomic E-state index is 11.8. The van der Waals surface area contributed by atoms with Crippen molar-refractivity contribution in [3.63, 3.8) is 0 Å². The van der Waals surface area contributed by atoms with Crippen molar-refractivity contribution in [2.24, 2.45) is 5.41 Å². The van der Waals surface area contributed by atoms with Crippen LogP contribution in [0, 0.1) is 5.41 Å². The summed E-state index contributed by atoms with van der Waals surface area (Å²) in [5.41, 5.74) is -0.324. The second-order valence-corrected chi connectivity index (χ2v) is 5.72. The van der Waals surface area contributed by atoms with E-state index >= 15 is 0 Å². The Morgan fingerprint density at radius 3 is 2.44 bits per heavy atom. The van der Waals surface area contributed by atoms with Gasteiger partial charge in [-0.25, -0.2) is 4.79 Å². The van der Waals surface area contributed by atoms with Crippen molar-refractivity contribution in [3.8, 4) is 0 Å². The van der Waals surface area contributed by atoms with Gasteiger partial charge in [-0.2, -0.15) is 0 Å². The third-order valence-electron chi connectivity index (χ3n) is 2.68. The highest BCUT2D eigenvalue weighted by molar-refractivity contribution is 5.83. The summed E-state index contributed by atoms with van der Waals surface area (Å²) < 4.78 is 7.57. The van der Waals surface area contributed by atoms with Crippen LogP contribution in [0.2, 0.25) is 0 Å². The number of Topliss-reactive ketones (excluding diaryl/α,β-unsaturated/α-hetero) is 1. The van der Waals surface area contributed by atoms with Crippen molar-refractivity contribution in [1.29, 1.82) is 0 Å². The van der Waals surface area contributed by atoms with Crippen LogP contribution in [0.4, 0.5) is 4.79 Å². The zero-order valence-electron chi connectivity index (χ0n) is 13.3. The topological polar surface area (TPSA) is 58.2 Å². The van der Waals surface area contributed by atoms with Gasteiger partial charge in [0.1, 0.15) is 5.78 Å². The molecule has 0 saturated heterocycles. The maximum absolute atomic E-state index is 11.8. The Labute approximate surface area is 112 Å². The molecule has 2 atom stereocenters. The molecule has 0 unspecified atom stereocenters. The predicted octanol–water partition coefficient (Wildman–Crippen LogP) is 2.87. The van der Waals surface area contributed by atoms with Crippen LogP contribution in [0.5, 0.6) is 0 Å². The van der Waals surface area contributed by atoms with Crippen LogP contribution in [-0.2, 0) is 4.79 Å². The Morgan fingerprint density at radius 1 is 1.33 bits per heavy atom. The summed E-state index contributed by atoms with van der Waals surface area (Å²) in [4.78, 5) is 23.3. The molecule has 0 heterocycles. The number of ketones is 1. The molecular weight excluding hydrogens is 228 g/mol. The average molecular weight is 258 g/mol. The van der Waals surface area contributed by atoms with E-state index in [1.54, 1.807) is 0 Å². The first-order valence-electron chi connectivity index (χ1n) is 7.27. The van der Waals surface area contributed by atoms with Gasteiger partial charge in [0.05, 0.1) is 0 Å². The van der Waals surface area contributed by atoms with E-state index in [2.05, 4.69) is 10.6 Å². The highest BCUT2D eigenvalue weighted by atomic mass is 16.2. The number of hydrogen-bond acceptors (Lipinski definition) is 2. The van der Waals surface area contributed by atoms with Crippen LogP contribution in [0.1, 0.15) is 61.7 Å². The SMILES string of the molecule is [3H][C@H](CCC)NC(=O)N[C@H](C)CCC(=O)C(C)(C)C. The van der Waals surface area contributed by atoms with Crippen LogP contribution in [0.25, 0.3) is 0 Å². The largest absolute Gasteiger partial charge is 0.338 e. The summed E-state index contributed by atoms with van der Waals surface area (Å²) in [5.74, 6) is 0.200. The monoisotopic (exact) mass is 258 g/mol. The fraction of sp³-hybridized carbons (Fsp3) is 0.857. The molecule has 0 aromatic heterocycles. The second-order valence-electron chi connectivity index (χ2n) is 5.72. The fourth-order valence-corrected chi connectivity index (χ4v) is 1.37. The zero-order chi connectivity index (χ0) is 15.1. The molecule has 4 heteroatoms. The van der Waals surface area contributed by atoms with Gasteiger partial charge in [0.2, 0.25) is 0 Å². The Morgan fingerprint density at radius 2 is 1.94 bits per heavy atom. The van der Waals surface area contributed by atoms with Gasteiger partial charge < -0.3 is 10.6 Å². The molecule has 2 amide bonds. The van der Waals surface area contributed by atoms with E-state index in [9.17, 15) is 9.59 Å². The number of carbonyl (C=O) groups is 2. The van der Waals surface area contributed by atoms with Crippen LogP contribution in [0.15, 0.2) is 0 Å². The number of nitrogens with one attached hydrogen (secondary N) is 2. The van der Waals surface area contributed by atoms with Gasteiger partial charge >= 0.3 is 6.03 Å². The zero-order valence-corrected chi connectivity index (χ0v) is 12.3. The normalized spacial score (nSPS) is 15.5. The van der Waals surface area contributed by atoms with Crippen molar-refractivity contribution < 1.29 is 11.0 Å². The lowest BCUT2D eigenvalue weighted by Gasteiger charge is -2.19. The van der Waals surface area contributed by atoms with Gasteiger partial charge in [-0.1, -0.05) is 34.1 Å². The Bertz CT molecular complexity index is 300. The quantitative estimate of drug-likeness (QED) is 0.737. The first kappa shape index (κ1) is 15.0. The molecule has 2 N–H and O–H groups in total. The number of hydrogen-bond donors (Lipinski definition) is 2. The van der Waals surface area contributed by atoms with E-state index in [0.29, 0.717) is 19.3 Å². The Kier molecular flexibility index (Phi) is 6.76. The standard InChI is InChI=1S/C14H28N2O2/c1-6-7-10-15-13(18)16-11(2)8-9-12(17)14(3,4)5/h11H,6-10H2,1-5H3,(H2,15,16,18)/t11-/m1/s1/i10T/t10-,11-. The van der Waals surface area contributed by atoms with E-state index in [1.165, 1.54) is 0 Å². The smallest absolute Gasteiger partial charge is 0.314 e. The lowest BCUT2D eigenvalue weighted by molar-refractivity contribution is -0.126. The van der Waals surface area contributed by atoms with E-state index < -0.39 is 6.52 Å². The molecule has 4 nitrogen and oxygen atoms in total. The van der Waals surface area contributed by atoms with Crippen molar-refractivity contribution in [2.75, 3.05) is 6.52 Å². The minimum Gasteiger partial charge on any atom is -0.338 e. The van der Waals surface area contributed by atoms with Gasteiger partial charge in [-0.3, -0.25) is 4.79 Å². The van der Waals surface area contributed by atoms with Gasteiger partial charge in [-0.15, -0.1) is 0 Å². The van der Waals surface area contributed by atoms with E-state index in [-0.39, 0.29) is 23.3 Å². The molecule has 0 aromatic carbocycles. The number of carbonyl (C=O) groups excluding carboxylic acids is 2. The summed E-state index contributed by atoms with van der Waals surface area (Å²) in [6.07, 6.45) is 2.60. The van der Waals surface area contributed by atoms with E-state index in [1.807, 2.05) is 34.6 Å². The molecule has 0 aliphatic rings. The van der Waals surface area contributed by atoms with Gasteiger partial charge in [-0.05, 0) is 19.8 Å². The van der Waals surface area contributed by atoms with Crippen molar-refractivity contribution in [2.45, 2.75) is 66.3 Å². The minimum absolute atomic E-state index is 0.0693. The van der Waals surface area contributed by atoms with Gasteiger partial charge in [0.25, 0.3) is 0 Å². The van der Waals surface area contributed by atoms with Gasteiger partial charge in [0, 0.05) is 25.8 Å². The summed E-state index contributed by atoms with van der Waals surface area (Å²) in [6, 6.07) is -0.399. The summed E-state index contributed by atoms with van der Waals surface area (Å²) in [5, 5.41) is 5.32. The summed E-state index contributed by atoms with van der Waals surface area (Å²) in [7, 11) is 0. The molecule has 0 spiro atoms. The molecule has 0 saturated carbocycles. The minimum atomic E-state index is -0.562. The van der Waals surface area contributed by atoms with Crippen molar-refractivity contribution in [1.82, 2.24) is 10.6 Å². The molecule has 0 radical (unpaired) electrons. The molecule has 106 valence electrons. The maximum Gasteiger partial charge on any atom is 0.314 e. The molecule has 0 rings (SSSR count). The first-order chi connectivity index (χ1) is 8.66. The molecule has 0 aliphatic heterocycles. The Hall–Kier alpha value is -1.06. The average Bonchev–Trinajstić information content (AvgIpc) is 2.24. The molecule has 0 aliphatic carbocycles. The Balaban J connectivity index is 3.95. The molecule has 0 fully saturated rings. The van der Waals surface area contributed by atoms with Crippen molar-refractivity contribution in [3.05, 3.63) is 0 Å².